The number of carbonyl (C=O) groups is 1. The van der Waals surface area contributed by atoms with Gasteiger partial charge in [-0.1, -0.05) is 6.07 Å². The topological polar surface area (TPSA) is 49.3 Å². The molecule has 2 aromatic rings. The van der Waals surface area contributed by atoms with E-state index in [4.69, 9.17) is 0 Å². The van der Waals surface area contributed by atoms with Crippen LogP contribution in [0.2, 0.25) is 0 Å². The zero-order chi connectivity index (χ0) is 14.7. The second-order valence-corrected chi connectivity index (χ2v) is 6.19. The molecule has 3 rings (SSSR count). The third-order valence-electron chi connectivity index (χ3n) is 3.65. The second kappa shape index (κ2) is 6.22. The number of amides is 1. The summed E-state index contributed by atoms with van der Waals surface area (Å²) >= 11 is 1.64. The Labute approximate surface area is 128 Å². The number of piperazine rings is 1. The Morgan fingerprint density at radius 1 is 1.19 bits per heavy atom. The van der Waals surface area contributed by atoms with Gasteiger partial charge >= 0.3 is 0 Å². The number of nitrogens with zero attached hydrogens (tertiary/aromatic N) is 4. The van der Waals surface area contributed by atoms with Gasteiger partial charge in [-0.3, -0.25) is 4.79 Å². The Kier molecular flexibility index (Phi) is 4.15. The van der Waals surface area contributed by atoms with Gasteiger partial charge in [0.15, 0.2) is 5.82 Å². The Bertz CT molecular complexity index is 589. The van der Waals surface area contributed by atoms with Crippen molar-refractivity contribution in [1.29, 1.82) is 0 Å². The average Bonchev–Trinajstić information content (AvgIpc) is 3.01. The van der Waals surface area contributed by atoms with Gasteiger partial charge in [-0.15, -0.1) is 16.4 Å². The van der Waals surface area contributed by atoms with Crippen LogP contribution in [-0.2, 0) is 11.2 Å². The molecule has 2 aromatic heterocycles. The maximum Gasteiger partial charge on any atom is 0.227 e. The highest BCUT2D eigenvalue weighted by Gasteiger charge is 2.22. The van der Waals surface area contributed by atoms with Crippen molar-refractivity contribution >= 4 is 23.1 Å². The van der Waals surface area contributed by atoms with E-state index in [-0.39, 0.29) is 5.91 Å². The zero-order valence-electron chi connectivity index (χ0n) is 12.0. The van der Waals surface area contributed by atoms with Crippen molar-refractivity contribution in [3.05, 3.63) is 40.2 Å². The van der Waals surface area contributed by atoms with Gasteiger partial charge in [0.2, 0.25) is 5.91 Å². The molecule has 21 heavy (non-hydrogen) atoms. The van der Waals surface area contributed by atoms with E-state index >= 15 is 0 Å². The molecule has 0 atom stereocenters. The van der Waals surface area contributed by atoms with Crippen molar-refractivity contribution in [2.45, 2.75) is 13.3 Å². The molecule has 0 radical (unpaired) electrons. The van der Waals surface area contributed by atoms with Crippen LogP contribution in [0.3, 0.4) is 0 Å². The molecular weight excluding hydrogens is 284 g/mol. The number of aryl methyl sites for hydroxylation is 1. The first kappa shape index (κ1) is 14.0. The Balaban J connectivity index is 1.55. The molecule has 1 amide bonds. The van der Waals surface area contributed by atoms with Gasteiger partial charge in [0, 0.05) is 31.1 Å². The highest BCUT2D eigenvalue weighted by atomic mass is 32.1. The van der Waals surface area contributed by atoms with Crippen molar-refractivity contribution in [2.75, 3.05) is 31.1 Å². The molecule has 1 saturated heterocycles. The summed E-state index contributed by atoms with van der Waals surface area (Å²) in [5.41, 5.74) is 0.920. The monoisotopic (exact) mass is 302 g/mol. The van der Waals surface area contributed by atoms with Crippen molar-refractivity contribution in [3.63, 3.8) is 0 Å². The van der Waals surface area contributed by atoms with Crippen LogP contribution in [0.15, 0.2) is 29.6 Å². The Hall–Kier alpha value is -1.95. The lowest BCUT2D eigenvalue weighted by Crippen LogP contribution is -2.49. The molecule has 0 aliphatic carbocycles. The fourth-order valence-electron chi connectivity index (χ4n) is 2.42. The van der Waals surface area contributed by atoms with Crippen molar-refractivity contribution in [3.8, 4) is 0 Å². The van der Waals surface area contributed by atoms with Crippen molar-refractivity contribution < 1.29 is 4.79 Å². The minimum Gasteiger partial charge on any atom is -0.352 e. The number of hydrogen-bond acceptors (Lipinski definition) is 5. The highest BCUT2D eigenvalue weighted by Crippen LogP contribution is 2.15. The van der Waals surface area contributed by atoms with Crippen LogP contribution < -0.4 is 4.90 Å². The fraction of sp³-hybridized carbons (Fsp3) is 0.400. The minimum absolute atomic E-state index is 0.215. The van der Waals surface area contributed by atoms with Gasteiger partial charge in [0.25, 0.3) is 0 Å². The van der Waals surface area contributed by atoms with Crippen LogP contribution in [0.1, 0.15) is 10.6 Å². The van der Waals surface area contributed by atoms with Crippen LogP contribution >= 0.6 is 11.3 Å². The van der Waals surface area contributed by atoms with Gasteiger partial charge in [0.05, 0.1) is 12.1 Å². The van der Waals surface area contributed by atoms with Gasteiger partial charge in [0.1, 0.15) is 0 Å². The van der Waals surface area contributed by atoms with Gasteiger partial charge in [-0.05, 0) is 30.5 Å². The predicted molar refractivity (Wildman–Crippen MR) is 83.6 cm³/mol. The molecule has 0 aromatic carbocycles. The standard InChI is InChI=1S/C15H18N4OS/c1-12-4-5-14(17-16-12)18-6-8-19(9-7-18)15(20)11-13-3-2-10-21-13/h2-5,10H,6-9,11H2,1H3. The predicted octanol–water partition coefficient (Wildman–Crippen LogP) is 1.74. The summed E-state index contributed by atoms with van der Waals surface area (Å²) < 4.78 is 0. The molecule has 3 heterocycles. The molecule has 1 fully saturated rings. The van der Waals surface area contributed by atoms with Crippen LogP contribution in [-0.4, -0.2) is 47.2 Å². The molecule has 0 unspecified atom stereocenters. The van der Waals surface area contributed by atoms with Gasteiger partial charge < -0.3 is 9.80 Å². The molecule has 110 valence electrons. The summed E-state index contributed by atoms with van der Waals surface area (Å²) in [6.07, 6.45) is 0.516. The molecular formula is C15H18N4OS. The van der Waals surface area contributed by atoms with E-state index in [1.807, 2.05) is 41.5 Å². The van der Waals surface area contributed by atoms with Gasteiger partial charge in [-0.25, -0.2) is 0 Å². The second-order valence-electron chi connectivity index (χ2n) is 5.16. The normalized spacial score (nSPS) is 15.3. The first-order valence-corrected chi connectivity index (χ1v) is 7.96. The minimum atomic E-state index is 0.215. The third kappa shape index (κ3) is 3.39. The number of carbonyl (C=O) groups excluding carboxylic acids is 1. The van der Waals surface area contributed by atoms with E-state index in [2.05, 4.69) is 15.1 Å². The van der Waals surface area contributed by atoms with E-state index in [9.17, 15) is 4.79 Å². The smallest absolute Gasteiger partial charge is 0.227 e. The summed E-state index contributed by atoms with van der Waals surface area (Å²) in [7, 11) is 0. The molecule has 1 aliphatic rings. The molecule has 0 N–H and O–H groups in total. The highest BCUT2D eigenvalue weighted by molar-refractivity contribution is 7.10. The largest absolute Gasteiger partial charge is 0.352 e. The Morgan fingerprint density at radius 3 is 2.62 bits per heavy atom. The van der Waals surface area contributed by atoms with Crippen molar-refractivity contribution in [1.82, 2.24) is 15.1 Å². The number of thiophene rings is 1. The van der Waals surface area contributed by atoms with Crippen LogP contribution in [0.5, 0.6) is 0 Å². The summed E-state index contributed by atoms with van der Waals surface area (Å²) in [6, 6.07) is 7.96. The lowest BCUT2D eigenvalue weighted by atomic mass is 10.2. The van der Waals surface area contributed by atoms with E-state index in [1.54, 1.807) is 11.3 Å². The fourth-order valence-corrected chi connectivity index (χ4v) is 3.12. The van der Waals surface area contributed by atoms with E-state index in [1.165, 1.54) is 0 Å². The summed E-state index contributed by atoms with van der Waals surface area (Å²) in [5.74, 6) is 1.11. The molecule has 0 bridgehead atoms. The summed E-state index contributed by atoms with van der Waals surface area (Å²) in [5, 5.41) is 10.3. The van der Waals surface area contributed by atoms with Crippen molar-refractivity contribution in [2.24, 2.45) is 0 Å². The number of anilines is 1. The van der Waals surface area contributed by atoms with Crippen LogP contribution in [0.4, 0.5) is 5.82 Å². The Morgan fingerprint density at radius 2 is 2.00 bits per heavy atom. The maximum absolute atomic E-state index is 12.2. The van der Waals surface area contributed by atoms with Crippen LogP contribution in [0, 0.1) is 6.92 Å². The van der Waals surface area contributed by atoms with Gasteiger partial charge in [-0.2, -0.15) is 5.10 Å². The number of aromatic nitrogens is 2. The summed E-state index contributed by atoms with van der Waals surface area (Å²) in [6.45, 7) is 5.05. The molecule has 0 spiro atoms. The lowest BCUT2D eigenvalue weighted by Gasteiger charge is -2.35. The maximum atomic E-state index is 12.2. The SMILES string of the molecule is Cc1ccc(N2CCN(C(=O)Cc3cccs3)CC2)nn1. The first-order valence-electron chi connectivity index (χ1n) is 7.08. The van der Waals surface area contributed by atoms with E-state index < -0.39 is 0 Å². The molecule has 1 aliphatic heterocycles. The van der Waals surface area contributed by atoms with Crippen LogP contribution in [0.25, 0.3) is 0 Å². The number of rotatable bonds is 3. The van der Waals surface area contributed by atoms with E-state index in [0.717, 1.165) is 42.6 Å². The molecule has 6 heteroatoms. The quantitative estimate of drug-likeness (QED) is 0.866. The molecule has 0 saturated carbocycles. The van der Waals surface area contributed by atoms with E-state index in [0.29, 0.717) is 6.42 Å². The first-order chi connectivity index (χ1) is 10.2. The molecule has 5 nitrogen and oxygen atoms in total. The zero-order valence-corrected chi connectivity index (χ0v) is 12.8. The summed E-state index contributed by atoms with van der Waals surface area (Å²) in [4.78, 5) is 17.5. The average molecular weight is 302 g/mol. The number of hydrogen-bond donors (Lipinski definition) is 0. The third-order valence-corrected chi connectivity index (χ3v) is 4.52. The lowest BCUT2D eigenvalue weighted by molar-refractivity contribution is -0.130.